The Kier molecular flexibility index (Phi) is 5.29. The lowest BCUT2D eigenvalue weighted by molar-refractivity contribution is -0.126. The van der Waals surface area contributed by atoms with E-state index in [1.165, 1.54) is 0 Å². The molecule has 0 bridgehead atoms. The monoisotopic (exact) mass is 306 g/mol. The Labute approximate surface area is 132 Å². The molecule has 1 aliphatic rings. The van der Waals surface area contributed by atoms with Gasteiger partial charge >= 0.3 is 0 Å². The molecule has 0 saturated carbocycles. The van der Waals surface area contributed by atoms with Crippen molar-refractivity contribution in [1.29, 1.82) is 0 Å². The second-order valence-corrected chi connectivity index (χ2v) is 6.19. The standard InChI is InChI=1S/C17H26N2O3/c1-17(2,16(20)19-13-7-9-18-10-8-13)12-5-6-14(21-3)15(11-12)22-4/h5-6,11,13,18H,7-10H2,1-4H3,(H,19,20). The van der Waals surface area contributed by atoms with Gasteiger partial charge in [0.2, 0.25) is 5.91 Å². The Morgan fingerprint density at radius 3 is 2.41 bits per heavy atom. The van der Waals surface area contributed by atoms with Crippen molar-refractivity contribution in [2.75, 3.05) is 27.3 Å². The fraction of sp³-hybridized carbons (Fsp3) is 0.588. The summed E-state index contributed by atoms with van der Waals surface area (Å²) in [5.74, 6) is 1.36. The predicted molar refractivity (Wildman–Crippen MR) is 86.6 cm³/mol. The van der Waals surface area contributed by atoms with E-state index >= 15 is 0 Å². The first-order valence-corrected chi connectivity index (χ1v) is 7.73. The van der Waals surface area contributed by atoms with E-state index in [1.807, 2.05) is 32.0 Å². The highest BCUT2D eigenvalue weighted by Gasteiger charge is 2.32. The zero-order valence-electron chi connectivity index (χ0n) is 13.9. The minimum Gasteiger partial charge on any atom is -0.493 e. The lowest BCUT2D eigenvalue weighted by Gasteiger charge is -2.30. The summed E-state index contributed by atoms with van der Waals surface area (Å²) in [7, 11) is 3.20. The lowest BCUT2D eigenvalue weighted by Crippen LogP contribution is -2.48. The van der Waals surface area contributed by atoms with Crippen LogP contribution in [0.4, 0.5) is 0 Å². The predicted octanol–water partition coefficient (Wildman–Crippen LogP) is 1.85. The van der Waals surface area contributed by atoms with Crippen molar-refractivity contribution in [2.24, 2.45) is 0 Å². The molecule has 1 aliphatic heterocycles. The quantitative estimate of drug-likeness (QED) is 0.871. The van der Waals surface area contributed by atoms with Crippen LogP contribution in [0.1, 0.15) is 32.3 Å². The first kappa shape index (κ1) is 16.6. The van der Waals surface area contributed by atoms with Crippen LogP contribution < -0.4 is 20.1 Å². The number of ether oxygens (including phenoxy) is 2. The van der Waals surface area contributed by atoms with Gasteiger partial charge in [-0.2, -0.15) is 0 Å². The molecule has 0 atom stereocenters. The first-order valence-electron chi connectivity index (χ1n) is 7.73. The van der Waals surface area contributed by atoms with Crippen LogP contribution in [0, 0.1) is 0 Å². The first-order chi connectivity index (χ1) is 10.5. The molecule has 0 unspecified atom stereocenters. The van der Waals surface area contributed by atoms with Crippen LogP contribution in [-0.4, -0.2) is 39.3 Å². The molecule has 122 valence electrons. The van der Waals surface area contributed by atoms with E-state index in [2.05, 4.69) is 10.6 Å². The number of amides is 1. The Bertz CT molecular complexity index is 523. The van der Waals surface area contributed by atoms with Gasteiger partial charge in [-0.1, -0.05) is 6.07 Å². The zero-order valence-corrected chi connectivity index (χ0v) is 13.9. The number of nitrogens with one attached hydrogen (secondary N) is 2. The third kappa shape index (κ3) is 3.53. The number of methoxy groups -OCH3 is 2. The Balaban J connectivity index is 2.15. The molecule has 1 saturated heterocycles. The van der Waals surface area contributed by atoms with Crippen LogP contribution in [0.25, 0.3) is 0 Å². The summed E-state index contributed by atoms with van der Waals surface area (Å²) in [5.41, 5.74) is 0.293. The van der Waals surface area contributed by atoms with Gasteiger partial charge in [0.05, 0.1) is 19.6 Å². The fourth-order valence-corrected chi connectivity index (χ4v) is 2.69. The SMILES string of the molecule is COc1ccc(C(C)(C)C(=O)NC2CCNCC2)cc1OC. The van der Waals surface area contributed by atoms with Gasteiger partial charge in [0.15, 0.2) is 11.5 Å². The van der Waals surface area contributed by atoms with Crippen LogP contribution in [0.2, 0.25) is 0 Å². The number of carbonyl (C=O) groups excluding carboxylic acids is 1. The Morgan fingerprint density at radius 1 is 1.18 bits per heavy atom. The van der Waals surface area contributed by atoms with Crippen molar-refractivity contribution in [2.45, 2.75) is 38.1 Å². The van der Waals surface area contributed by atoms with Gasteiger partial charge in [0.25, 0.3) is 0 Å². The highest BCUT2D eigenvalue weighted by Crippen LogP contribution is 2.33. The zero-order chi connectivity index (χ0) is 16.2. The van der Waals surface area contributed by atoms with E-state index in [1.54, 1.807) is 14.2 Å². The van der Waals surface area contributed by atoms with Crippen LogP contribution in [-0.2, 0) is 10.2 Å². The average Bonchev–Trinajstić information content (AvgIpc) is 2.54. The topological polar surface area (TPSA) is 59.6 Å². The van der Waals surface area contributed by atoms with Crippen LogP contribution >= 0.6 is 0 Å². The second-order valence-electron chi connectivity index (χ2n) is 6.19. The van der Waals surface area contributed by atoms with Gasteiger partial charge in [-0.3, -0.25) is 4.79 Å². The van der Waals surface area contributed by atoms with E-state index in [0.717, 1.165) is 31.5 Å². The van der Waals surface area contributed by atoms with Crippen LogP contribution in [0.15, 0.2) is 18.2 Å². The largest absolute Gasteiger partial charge is 0.493 e. The van der Waals surface area contributed by atoms with Gasteiger partial charge in [-0.15, -0.1) is 0 Å². The highest BCUT2D eigenvalue weighted by atomic mass is 16.5. The minimum absolute atomic E-state index is 0.0478. The molecule has 1 amide bonds. The summed E-state index contributed by atoms with van der Waals surface area (Å²) < 4.78 is 10.6. The Morgan fingerprint density at radius 2 is 1.82 bits per heavy atom. The second kappa shape index (κ2) is 7.01. The van der Waals surface area contributed by atoms with Crippen molar-refractivity contribution in [3.05, 3.63) is 23.8 Å². The summed E-state index contributed by atoms with van der Waals surface area (Å²) >= 11 is 0. The van der Waals surface area contributed by atoms with Gasteiger partial charge in [0, 0.05) is 6.04 Å². The lowest BCUT2D eigenvalue weighted by atomic mass is 9.83. The molecular weight excluding hydrogens is 280 g/mol. The number of hydrogen-bond donors (Lipinski definition) is 2. The van der Waals surface area contributed by atoms with Gasteiger partial charge < -0.3 is 20.1 Å². The van der Waals surface area contributed by atoms with Crippen molar-refractivity contribution in [3.8, 4) is 11.5 Å². The van der Waals surface area contributed by atoms with Crippen LogP contribution in [0.5, 0.6) is 11.5 Å². The molecule has 1 aromatic carbocycles. The van der Waals surface area contributed by atoms with E-state index in [0.29, 0.717) is 11.5 Å². The molecule has 22 heavy (non-hydrogen) atoms. The molecule has 0 spiro atoms. The number of hydrogen-bond acceptors (Lipinski definition) is 4. The van der Waals surface area contributed by atoms with Gasteiger partial charge in [0.1, 0.15) is 0 Å². The molecular formula is C17H26N2O3. The van der Waals surface area contributed by atoms with E-state index in [9.17, 15) is 4.79 Å². The number of carbonyl (C=O) groups is 1. The number of rotatable bonds is 5. The molecule has 0 radical (unpaired) electrons. The third-order valence-electron chi connectivity index (χ3n) is 4.35. The summed E-state index contributed by atoms with van der Waals surface area (Å²) in [5, 5.41) is 6.48. The highest BCUT2D eigenvalue weighted by molar-refractivity contribution is 5.87. The maximum Gasteiger partial charge on any atom is 0.230 e. The molecule has 0 aromatic heterocycles. The molecule has 1 fully saturated rings. The summed E-state index contributed by atoms with van der Waals surface area (Å²) in [4.78, 5) is 12.7. The van der Waals surface area contributed by atoms with Gasteiger partial charge in [-0.25, -0.2) is 0 Å². The summed E-state index contributed by atoms with van der Waals surface area (Å²) in [6, 6.07) is 5.89. The fourth-order valence-electron chi connectivity index (χ4n) is 2.69. The molecule has 1 heterocycles. The molecule has 5 heteroatoms. The minimum atomic E-state index is -0.621. The normalized spacial score (nSPS) is 16.2. The molecule has 1 aromatic rings. The van der Waals surface area contributed by atoms with Gasteiger partial charge in [-0.05, 0) is 57.5 Å². The molecule has 0 aliphatic carbocycles. The molecule has 2 rings (SSSR count). The van der Waals surface area contributed by atoms with Crippen molar-refractivity contribution >= 4 is 5.91 Å². The van der Waals surface area contributed by atoms with Crippen LogP contribution in [0.3, 0.4) is 0 Å². The maximum atomic E-state index is 12.7. The smallest absolute Gasteiger partial charge is 0.230 e. The summed E-state index contributed by atoms with van der Waals surface area (Å²) in [6.45, 7) is 5.79. The third-order valence-corrected chi connectivity index (χ3v) is 4.35. The van der Waals surface area contributed by atoms with Crippen molar-refractivity contribution in [3.63, 3.8) is 0 Å². The number of piperidine rings is 1. The Hall–Kier alpha value is -1.75. The maximum absolute atomic E-state index is 12.7. The average molecular weight is 306 g/mol. The van der Waals surface area contributed by atoms with E-state index < -0.39 is 5.41 Å². The molecule has 2 N–H and O–H groups in total. The van der Waals surface area contributed by atoms with Crippen molar-refractivity contribution in [1.82, 2.24) is 10.6 Å². The van der Waals surface area contributed by atoms with E-state index in [4.69, 9.17) is 9.47 Å². The van der Waals surface area contributed by atoms with E-state index in [-0.39, 0.29) is 11.9 Å². The number of benzene rings is 1. The van der Waals surface area contributed by atoms with Crippen molar-refractivity contribution < 1.29 is 14.3 Å². The summed E-state index contributed by atoms with van der Waals surface area (Å²) in [6.07, 6.45) is 1.96. The molecule has 5 nitrogen and oxygen atoms in total.